The van der Waals surface area contributed by atoms with Crippen LogP contribution in [0.1, 0.15) is 81.7 Å². The standard InChI is InChI=1S/C29H32ClFN4O4S/c1-27(2,3)39-25(37)15-23-28(4,5)40(38)24(11-12-33-40)29(6,35-23)26-21(31)10-8-18(34-26)14-22(36)19-9-7-17(16-32)13-20(19)30/h7-10,13,24H,11-12,14-15H2,1-6H3/t24-,29-,40+/m0/s1. The molecular weight excluding hydrogens is 555 g/mol. The molecule has 0 amide bonds. The molecule has 40 heavy (non-hydrogen) atoms. The number of halogens is 2. The minimum Gasteiger partial charge on any atom is -0.460 e. The van der Waals surface area contributed by atoms with E-state index in [1.54, 1.807) is 41.5 Å². The van der Waals surface area contributed by atoms with Crippen LogP contribution in [0.15, 0.2) is 39.7 Å². The third-order valence-electron chi connectivity index (χ3n) is 7.34. The largest absolute Gasteiger partial charge is 0.460 e. The Kier molecular flexibility index (Phi) is 7.71. The summed E-state index contributed by atoms with van der Waals surface area (Å²) in [5, 5.41) is 8.54. The number of ketones is 1. The molecule has 2 aromatic rings. The van der Waals surface area contributed by atoms with Crippen LogP contribution < -0.4 is 0 Å². The first-order valence-corrected chi connectivity index (χ1v) is 14.9. The number of aromatic nitrogens is 1. The van der Waals surface area contributed by atoms with Gasteiger partial charge >= 0.3 is 5.97 Å². The average molecular weight is 587 g/mol. The molecule has 0 N–H and O–H groups in total. The number of hydrogen-bond acceptors (Lipinski definition) is 8. The summed E-state index contributed by atoms with van der Waals surface area (Å²) in [6.07, 6.45) is 0.00254. The van der Waals surface area contributed by atoms with Gasteiger partial charge in [-0.05, 0) is 78.3 Å². The van der Waals surface area contributed by atoms with E-state index in [-0.39, 0.29) is 40.6 Å². The Bertz CT molecular complexity index is 1600. The van der Waals surface area contributed by atoms with Crippen molar-refractivity contribution in [1.82, 2.24) is 4.98 Å². The minimum absolute atomic E-state index is 0.0595. The summed E-state index contributed by atoms with van der Waals surface area (Å²) in [6.45, 7) is 10.7. The molecule has 0 spiro atoms. The molecular formula is C29H32ClFN4O4S. The third kappa shape index (κ3) is 5.29. The van der Waals surface area contributed by atoms with Crippen LogP contribution in [0.5, 0.6) is 0 Å². The fourth-order valence-electron chi connectivity index (χ4n) is 5.30. The number of carbonyl (C=O) groups is 2. The predicted molar refractivity (Wildman–Crippen MR) is 152 cm³/mol. The highest BCUT2D eigenvalue weighted by Gasteiger charge is 2.58. The third-order valence-corrected chi connectivity index (χ3v) is 11.4. The SMILES string of the molecule is CC(C)(C)OC(=O)CC1=N[C@](C)(c2nc(CC(=O)c3ccc(C#N)cc3Cl)ccc2F)[C@@H]2CCN=[S@]2(=O)C1(C)C. The fourth-order valence-corrected chi connectivity index (χ4v) is 8.84. The summed E-state index contributed by atoms with van der Waals surface area (Å²) in [6, 6.07) is 8.97. The molecule has 0 bridgehead atoms. The molecule has 3 atom stereocenters. The molecule has 0 unspecified atom stereocenters. The number of rotatable bonds is 6. The molecule has 2 aliphatic heterocycles. The van der Waals surface area contributed by atoms with Crippen LogP contribution in [0, 0.1) is 17.1 Å². The molecule has 0 saturated heterocycles. The molecule has 212 valence electrons. The van der Waals surface area contributed by atoms with Gasteiger partial charge in [0.2, 0.25) is 0 Å². The molecule has 3 heterocycles. The van der Waals surface area contributed by atoms with E-state index in [0.29, 0.717) is 24.2 Å². The van der Waals surface area contributed by atoms with Crippen molar-refractivity contribution in [3.63, 3.8) is 0 Å². The van der Waals surface area contributed by atoms with Gasteiger partial charge in [-0.25, -0.2) is 13.0 Å². The van der Waals surface area contributed by atoms with Crippen LogP contribution >= 0.6 is 11.6 Å². The zero-order valence-electron chi connectivity index (χ0n) is 23.4. The van der Waals surface area contributed by atoms with Crippen molar-refractivity contribution in [2.45, 2.75) is 81.9 Å². The van der Waals surface area contributed by atoms with E-state index < -0.39 is 42.7 Å². The van der Waals surface area contributed by atoms with Gasteiger partial charge in [-0.15, -0.1) is 0 Å². The number of esters is 1. The summed E-state index contributed by atoms with van der Waals surface area (Å²) < 4.78 is 39.0. The van der Waals surface area contributed by atoms with Crippen LogP contribution in [-0.4, -0.2) is 48.8 Å². The smallest absolute Gasteiger partial charge is 0.312 e. The Hall–Kier alpha value is -3.16. The number of ether oxygens (including phenoxy) is 1. The summed E-state index contributed by atoms with van der Waals surface area (Å²) in [5.41, 5.74) is -1.07. The van der Waals surface area contributed by atoms with E-state index in [2.05, 4.69) is 9.35 Å². The van der Waals surface area contributed by atoms with E-state index >= 15 is 4.39 Å². The lowest BCUT2D eigenvalue weighted by Crippen LogP contribution is -2.56. The van der Waals surface area contributed by atoms with Crippen LogP contribution in [0.2, 0.25) is 5.02 Å². The predicted octanol–water partition coefficient (Wildman–Crippen LogP) is 5.59. The van der Waals surface area contributed by atoms with Gasteiger partial charge in [0.1, 0.15) is 22.7 Å². The highest BCUT2D eigenvalue weighted by molar-refractivity contribution is 7.96. The Morgan fingerprint density at radius 2 is 1.90 bits per heavy atom. The van der Waals surface area contributed by atoms with E-state index in [9.17, 15) is 13.8 Å². The molecule has 2 aliphatic rings. The van der Waals surface area contributed by atoms with Gasteiger partial charge in [-0.1, -0.05) is 11.6 Å². The van der Waals surface area contributed by atoms with Crippen LogP contribution in [-0.2, 0) is 31.2 Å². The van der Waals surface area contributed by atoms with Crippen molar-refractivity contribution in [1.29, 1.82) is 5.26 Å². The van der Waals surface area contributed by atoms with E-state index in [1.807, 2.05) is 6.07 Å². The molecule has 11 heteroatoms. The van der Waals surface area contributed by atoms with Crippen LogP contribution in [0.25, 0.3) is 0 Å². The maximum atomic E-state index is 15.5. The molecule has 8 nitrogen and oxygen atoms in total. The lowest BCUT2D eigenvalue weighted by Gasteiger charge is -2.45. The van der Waals surface area contributed by atoms with Crippen molar-refractivity contribution in [3.05, 3.63) is 63.7 Å². The Morgan fingerprint density at radius 3 is 2.52 bits per heavy atom. The van der Waals surface area contributed by atoms with Crippen LogP contribution in [0.3, 0.4) is 0 Å². The summed E-state index contributed by atoms with van der Waals surface area (Å²) in [7, 11) is -3.01. The topological polar surface area (TPSA) is 122 Å². The van der Waals surface area contributed by atoms with Gasteiger partial charge in [0.15, 0.2) is 5.78 Å². The normalized spacial score (nSPS) is 25.3. The lowest BCUT2D eigenvalue weighted by atomic mass is 9.88. The first-order chi connectivity index (χ1) is 18.5. The molecule has 0 aliphatic carbocycles. The molecule has 0 saturated carbocycles. The maximum Gasteiger partial charge on any atom is 0.312 e. The van der Waals surface area contributed by atoms with Crippen molar-refractivity contribution >= 4 is 38.8 Å². The number of pyridine rings is 1. The van der Waals surface area contributed by atoms with Gasteiger partial charge in [0.05, 0.1) is 49.2 Å². The number of nitrogens with zero attached hydrogens (tertiary/aromatic N) is 4. The zero-order valence-corrected chi connectivity index (χ0v) is 25.0. The molecule has 4 rings (SSSR count). The van der Waals surface area contributed by atoms with Gasteiger partial charge in [-0.3, -0.25) is 19.6 Å². The number of hydrogen-bond donors (Lipinski definition) is 0. The Labute approximate surface area is 239 Å². The number of carbonyl (C=O) groups excluding carboxylic acids is 2. The average Bonchev–Trinajstić information content (AvgIpc) is 3.27. The highest BCUT2D eigenvalue weighted by Crippen LogP contribution is 2.48. The number of fused-ring (bicyclic) bond motifs is 1. The monoisotopic (exact) mass is 586 g/mol. The van der Waals surface area contributed by atoms with E-state index in [4.69, 9.17) is 26.6 Å². The van der Waals surface area contributed by atoms with Crippen LogP contribution in [0.4, 0.5) is 4.39 Å². The number of benzene rings is 1. The molecule has 0 fully saturated rings. The van der Waals surface area contributed by atoms with Crippen molar-refractivity contribution < 1.29 is 22.9 Å². The molecule has 1 aromatic carbocycles. The van der Waals surface area contributed by atoms with Gasteiger partial charge in [0, 0.05) is 23.5 Å². The van der Waals surface area contributed by atoms with Crippen molar-refractivity contribution in [3.8, 4) is 6.07 Å². The number of Topliss-reactive ketones (excluding diaryl/α,β-unsaturated/α-hetero) is 1. The van der Waals surface area contributed by atoms with Crippen molar-refractivity contribution in [2.75, 3.05) is 6.54 Å². The Balaban J connectivity index is 1.77. The second kappa shape index (κ2) is 10.3. The summed E-state index contributed by atoms with van der Waals surface area (Å²) in [5.74, 6) is -1.56. The van der Waals surface area contributed by atoms with Gasteiger partial charge in [-0.2, -0.15) is 5.26 Å². The summed E-state index contributed by atoms with van der Waals surface area (Å²) >= 11 is 6.22. The minimum atomic E-state index is -3.01. The number of nitriles is 1. The van der Waals surface area contributed by atoms with E-state index in [1.165, 1.54) is 30.3 Å². The fraction of sp³-hybridized carbons (Fsp3) is 0.483. The molecule has 1 aromatic heterocycles. The Morgan fingerprint density at radius 1 is 1.20 bits per heavy atom. The zero-order chi connectivity index (χ0) is 29.7. The van der Waals surface area contributed by atoms with Gasteiger partial charge < -0.3 is 4.74 Å². The van der Waals surface area contributed by atoms with Gasteiger partial charge in [0.25, 0.3) is 0 Å². The first-order valence-electron chi connectivity index (χ1n) is 12.9. The van der Waals surface area contributed by atoms with Crippen molar-refractivity contribution in [2.24, 2.45) is 9.36 Å². The maximum absolute atomic E-state index is 15.5. The quantitative estimate of drug-likeness (QED) is 0.321. The molecule has 0 radical (unpaired) electrons. The number of aliphatic imine (C=N–C) groups is 1. The lowest BCUT2D eigenvalue weighted by molar-refractivity contribution is -0.153. The highest BCUT2D eigenvalue weighted by atomic mass is 35.5. The first kappa shape index (κ1) is 29.8. The summed E-state index contributed by atoms with van der Waals surface area (Å²) in [4.78, 5) is 35.3. The second-order valence-corrected chi connectivity index (χ2v) is 15.1. The van der Waals surface area contributed by atoms with E-state index in [0.717, 1.165) is 0 Å². The second-order valence-electron chi connectivity index (χ2n) is 11.7.